The molecule has 1 aromatic rings. The van der Waals surface area contributed by atoms with Crippen LogP contribution in [0, 0.1) is 5.92 Å². The molecular weight excluding hydrogens is 276 g/mol. The summed E-state index contributed by atoms with van der Waals surface area (Å²) in [7, 11) is 6.33. The van der Waals surface area contributed by atoms with Gasteiger partial charge in [0.15, 0.2) is 0 Å². The van der Waals surface area contributed by atoms with Crippen LogP contribution in [0.2, 0.25) is 0 Å². The van der Waals surface area contributed by atoms with Crippen LogP contribution in [0.15, 0.2) is 28.7 Å². The quantitative estimate of drug-likeness (QED) is 0.867. The van der Waals surface area contributed by atoms with Crippen LogP contribution in [0.3, 0.4) is 0 Å². The van der Waals surface area contributed by atoms with Gasteiger partial charge in [-0.3, -0.25) is 0 Å². The molecule has 2 unspecified atom stereocenters. The second-order valence-corrected chi connectivity index (χ2v) is 5.51. The van der Waals surface area contributed by atoms with Crippen molar-refractivity contribution in [3.8, 4) is 0 Å². The van der Waals surface area contributed by atoms with E-state index in [2.05, 4.69) is 71.4 Å². The van der Waals surface area contributed by atoms with Crippen molar-refractivity contribution in [3.05, 3.63) is 34.3 Å². The zero-order chi connectivity index (χ0) is 12.8. The molecule has 17 heavy (non-hydrogen) atoms. The fraction of sp³-hybridized carbons (Fsp3) is 0.571. The Morgan fingerprint density at radius 3 is 2.41 bits per heavy atom. The number of rotatable bonds is 6. The minimum atomic E-state index is 0.447. The van der Waals surface area contributed by atoms with Crippen LogP contribution in [0.25, 0.3) is 0 Å². The average Bonchev–Trinajstić information content (AvgIpc) is 2.30. The van der Waals surface area contributed by atoms with Crippen LogP contribution in [-0.4, -0.2) is 32.6 Å². The van der Waals surface area contributed by atoms with Gasteiger partial charge >= 0.3 is 0 Å². The molecule has 1 N–H and O–H groups in total. The largest absolute Gasteiger partial charge is 0.319 e. The number of benzene rings is 1. The van der Waals surface area contributed by atoms with Gasteiger partial charge in [0.25, 0.3) is 0 Å². The third-order valence-electron chi connectivity index (χ3n) is 3.22. The zero-order valence-electron chi connectivity index (χ0n) is 11.2. The van der Waals surface area contributed by atoms with E-state index in [1.807, 2.05) is 7.05 Å². The molecule has 2 atom stereocenters. The number of hydrogen-bond donors (Lipinski definition) is 1. The monoisotopic (exact) mass is 298 g/mol. The predicted octanol–water partition coefficient (Wildman–Crippen LogP) is 3.30. The van der Waals surface area contributed by atoms with E-state index in [-0.39, 0.29) is 0 Å². The van der Waals surface area contributed by atoms with Gasteiger partial charge in [-0.2, -0.15) is 0 Å². The van der Waals surface area contributed by atoms with E-state index in [4.69, 9.17) is 0 Å². The standard InChI is InChI=1S/C14H23BrN2/c1-5-11(10-16-2)14(17(3)4)12-8-6-7-9-13(12)15/h6-9,11,14,16H,5,10H2,1-4H3. The van der Waals surface area contributed by atoms with Crippen LogP contribution in [0.1, 0.15) is 24.9 Å². The molecule has 0 spiro atoms. The molecule has 2 nitrogen and oxygen atoms in total. The molecular formula is C14H23BrN2. The van der Waals surface area contributed by atoms with Crippen molar-refractivity contribution in [2.45, 2.75) is 19.4 Å². The summed E-state index contributed by atoms with van der Waals surface area (Å²) in [5.41, 5.74) is 1.37. The highest BCUT2D eigenvalue weighted by Gasteiger charge is 2.24. The molecule has 0 amide bonds. The van der Waals surface area contributed by atoms with E-state index in [1.54, 1.807) is 0 Å². The third kappa shape index (κ3) is 3.80. The molecule has 0 heterocycles. The van der Waals surface area contributed by atoms with Crippen molar-refractivity contribution < 1.29 is 0 Å². The van der Waals surface area contributed by atoms with Crippen LogP contribution < -0.4 is 5.32 Å². The number of nitrogens with zero attached hydrogens (tertiary/aromatic N) is 1. The molecule has 0 aliphatic carbocycles. The van der Waals surface area contributed by atoms with E-state index in [0.29, 0.717) is 12.0 Å². The SMILES string of the molecule is CCC(CNC)C(c1ccccc1Br)N(C)C. The summed E-state index contributed by atoms with van der Waals surface area (Å²) in [5, 5.41) is 3.30. The van der Waals surface area contributed by atoms with Crippen LogP contribution in [0.5, 0.6) is 0 Å². The number of hydrogen-bond acceptors (Lipinski definition) is 2. The van der Waals surface area contributed by atoms with Gasteiger partial charge in [0.05, 0.1) is 0 Å². The molecule has 0 saturated heterocycles. The van der Waals surface area contributed by atoms with Gasteiger partial charge in [-0.15, -0.1) is 0 Å². The Labute approximate surface area is 114 Å². The minimum Gasteiger partial charge on any atom is -0.319 e. The highest BCUT2D eigenvalue weighted by atomic mass is 79.9. The Morgan fingerprint density at radius 1 is 1.29 bits per heavy atom. The summed E-state index contributed by atoms with van der Waals surface area (Å²) in [6.45, 7) is 3.30. The van der Waals surface area contributed by atoms with E-state index < -0.39 is 0 Å². The summed E-state index contributed by atoms with van der Waals surface area (Å²) < 4.78 is 1.20. The van der Waals surface area contributed by atoms with Crippen molar-refractivity contribution in [2.24, 2.45) is 5.92 Å². The summed E-state index contributed by atoms with van der Waals surface area (Å²) in [6, 6.07) is 8.97. The Kier molecular flexibility index (Phi) is 6.17. The lowest BCUT2D eigenvalue weighted by atomic mass is 9.90. The lowest BCUT2D eigenvalue weighted by molar-refractivity contribution is 0.204. The maximum Gasteiger partial charge on any atom is 0.0393 e. The van der Waals surface area contributed by atoms with E-state index in [9.17, 15) is 0 Å². The fourth-order valence-electron chi connectivity index (χ4n) is 2.41. The van der Waals surface area contributed by atoms with Crippen LogP contribution >= 0.6 is 15.9 Å². The van der Waals surface area contributed by atoms with Gasteiger partial charge in [-0.05, 0) is 45.2 Å². The summed E-state index contributed by atoms with van der Waals surface area (Å²) in [6.07, 6.45) is 1.17. The Bertz CT molecular complexity index is 339. The Morgan fingerprint density at radius 2 is 1.94 bits per heavy atom. The molecule has 0 saturated carbocycles. The molecule has 1 aromatic carbocycles. The maximum absolute atomic E-state index is 3.67. The van der Waals surface area contributed by atoms with Crippen molar-refractivity contribution in [3.63, 3.8) is 0 Å². The highest BCUT2D eigenvalue weighted by Crippen LogP contribution is 2.33. The van der Waals surface area contributed by atoms with Crippen LogP contribution in [0.4, 0.5) is 0 Å². The fourth-order valence-corrected chi connectivity index (χ4v) is 2.93. The first-order valence-electron chi connectivity index (χ1n) is 6.17. The highest BCUT2D eigenvalue weighted by molar-refractivity contribution is 9.10. The van der Waals surface area contributed by atoms with Gasteiger partial charge in [0, 0.05) is 10.5 Å². The third-order valence-corrected chi connectivity index (χ3v) is 3.94. The molecule has 96 valence electrons. The van der Waals surface area contributed by atoms with E-state index in [0.717, 1.165) is 6.54 Å². The molecule has 0 radical (unpaired) electrons. The van der Waals surface area contributed by atoms with Crippen LogP contribution in [-0.2, 0) is 0 Å². The Balaban J connectivity index is 3.04. The molecule has 0 aliphatic rings. The molecule has 0 fully saturated rings. The maximum atomic E-state index is 3.67. The molecule has 0 bridgehead atoms. The predicted molar refractivity (Wildman–Crippen MR) is 78.3 cm³/mol. The lowest BCUT2D eigenvalue weighted by Crippen LogP contribution is -2.33. The van der Waals surface area contributed by atoms with Gasteiger partial charge in [0.1, 0.15) is 0 Å². The molecule has 0 aliphatic heterocycles. The second-order valence-electron chi connectivity index (χ2n) is 4.66. The van der Waals surface area contributed by atoms with Crippen molar-refractivity contribution in [2.75, 3.05) is 27.7 Å². The summed E-state index contributed by atoms with van der Waals surface area (Å²) in [5.74, 6) is 0.619. The topological polar surface area (TPSA) is 15.3 Å². The second kappa shape index (κ2) is 7.14. The van der Waals surface area contributed by atoms with Gasteiger partial charge in [-0.1, -0.05) is 47.5 Å². The minimum absolute atomic E-state index is 0.447. The van der Waals surface area contributed by atoms with E-state index >= 15 is 0 Å². The zero-order valence-corrected chi connectivity index (χ0v) is 12.8. The van der Waals surface area contributed by atoms with Crippen molar-refractivity contribution >= 4 is 15.9 Å². The average molecular weight is 299 g/mol. The van der Waals surface area contributed by atoms with Crippen molar-refractivity contribution in [1.82, 2.24) is 10.2 Å². The lowest BCUT2D eigenvalue weighted by Gasteiger charge is -2.33. The number of nitrogens with one attached hydrogen (secondary N) is 1. The van der Waals surface area contributed by atoms with Gasteiger partial charge in [-0.25, -0.2) is 0 Å². The Hall–Kier alpha value is -0.380. The summed E-state index contributed by atoms with van der Waals surface area (Å²) >= 11 is 3.67. The van der Waals surface area contributed by atoms with Gasteiger partial charge < -0.3 is 10.2 Å². The summed E-state index contributed by atoms with van der Waals surface area (Å²) in [4.78, 5) is 2.31. The van der Waals surface area contributed by atoms with Gasteiger partial charge in [0.2, 0.25) is 0 Å². The molecule has 3 heteroatoms. The molecule has 1 rings (SSSR count). The first-order valence-corrected chi connectivity index (χ1v) is 6.96. The van der Waals surface area contributed by atoms with Crippen molar-refractivity contribution in [1.29, 1.82) is 0 Å². The first-order chi connectivity index (χ1) is 8.11. The molecule has 0 aromatic heterocycles. The van der Waals surface area contributed by atoms with E-state index in [1.165, 1.54) is 16.5 Å². The smallest absolute Gasteiger partial charge is 0.0393 e. The normalized spacial score (nSPS) is 14.9. The number of halogens is 1. The first kappa shape index (κ1) is 14.7.